The molecule has 0 saturated carbocycles. The molecular weight excluding hydrogens is 204 g/mol. The Bertz CT molecular complexity index is 329. The quantitative estimate of drug-likeness (QED) is 0.717. The third-order valence-corrected chi connectivity index (χ3v) is 1.70. The summed E-state index contributed by atoms with van der Waals surface area (Å²) in [6.45, 7) is 0. The third kappa shape index (κ3) is 2.60. The molecular formula is C9H11ClN2O2. The first-order valence-electron chi connectivity index (χ1n) is 3.99. The zero-order valence-corrected chi connectivity index (χ0v) is 8.78. The van der Waals surface area contributed by atoms with Crippen molar-refractivity contribution < 1.29 is 9.47 Å². The largest absolute Gasteiger partial charge is 0.480 e. The number of halogens is 1. The summed E-state index contributed by atoms with van der Waals surface area (Å²) in [7, 11) is 3.04. The molecule has 1 aromatic rings. The maximum Gasteiger partial charge on any atom is 0.319 e. The summed E-state index contributed by atoms with van der Waals surface area (Å²) in [5.74, 6) is 0.910. The zero-order valence-electron chi connectivity index (χ0n) is 8.03. The second-order valence-corrected chi connectivity index (χ2v) is 2.69. The lowest BCUT2D eigenvalue weighted by atomic mass is 10.3. The SMILES string of the molecule is COc1ncc(C=CCCl)c(OC)n1. The lowest BCUT2D eigenvalue weighted by Gasteiger charge is -2.04. The molecule has 0 unspecified atom stereocenters. The number of hydrogen-bond acceptors (Lipinski definition) is 4. The van der Waals surface area contributed by atoms with Gasteiger partial charge in [-0.15, -0.1) is 11.6 Å². The van der Waals surface area contributed by atoms with E-state index in [1.54, 1.807) is 25.5 Å². The molecule has 4 nitrogen and oxygen atoms in total. The predicted octanol–water partition coefficient (Wildman–Crippen LogP) is 1.75. The summed E-state index contributed by atoms with van der Waals surface area (Å²) in [4.78, 5) is 7.96. The van der Waals surface area contributed by atoms with Gasteiger partial charge in [-0.05, 0) is 0 Å². The Morgan fingerprint density at radius 1 is 1.43 bits per heavy atom. The number of allylic oxidation sites excluding steroid dienone is 1. The van der Waals surface area contributed by atoms with E-state index >= 15 is 0 Å². The topological polar surface area (TPSA) is 44.2 Å². The summed E-state index contributed by atoms with van der Waals surface area (Å²) >= 11 is 5.51. The van der Waals surface area contributed by atoms with Crippen LogP contribution in [0.1, 0.15) is 5.56 Å². The number of rotatable bonds is 4. The van der Waals surface area contributed by atoms with E-state index in [-0.39, 0.29) is 6.01 Å². The van der Waals surface area contributed by atoms with Crippen LogP contribution >= 0.6 is 11.6 Å². The van der Waals surface area contributed by atoms with Crippen LogP contribution < -0.4 is 9.47 Å². The minimum Gasteiger partial charge on any atom is -0.480 e. The molecule has 0 N–H and O–H groups in total. The molecule has 76 valence electrons. The number of methoxy groups -OCH3 is 2. The number of aromatic nitrogens is 2. The first kappa shape index (κ1) is 10.8. The lowest BCUT2D eigenvalue weighted by molar-refractivity contribution is 0.351. The van der Waals surface area contributed by atoms with Crippen LogP contribution in [-0.4, -0.2) is 30.1 Å². The molecule has 0 saturated heterocycles. The van der Waals surface area contributed by atoms with E-state index in [0.29, 0.717) is 11.8 Å². The van der Waals surface area contributed by atoms with Crippen LogP contribution in [0.15, 0.2) is 12.3 Å². The average Bonchev–Trinajstić information content (AvgIpc) is 2.26. The minimum absolute atomic E-state index is 0.282. The Labute approximate surface area is 87.5 Å². The van der Waals surface area contributed by atoms with Crippen LogP contribution in [-0.2, 0) is 0 Å². The molecule has 0 amide bonds. The summed E-state index contributed by atoms with van der Waals surface area (Å²) in [6.07, 6.45) is 5.20. The fourth-order valence-electron chi connectivity index (χ4n) is 0.908. The highest BCUT2D eigenvalue weighted by atomic mass is 35.5. The van der Waals surface area contributed by atoms with Gasteiger partial charge in [0.2, 0.25) is 5.88 Å². The Morgan fingerprint density at radius 3 is 2.79 bits per heavy atom. The molecule has 0 aliphatic carbocycles. The Kier molecular flexibility index (Phi) is 4.19. The monoisotopic (exact) mass is 214 g/mol. The first-order valence-corrected chi connectivity index (χ1v) is 4.52. The molecule has 14 heavy (non-hydrogen) atoms. The van der Waals surface area contributed by atoms with E-state index in [0.717, 1.165) is 5.56 Å². The minimum atomic E-state index is 0.282. The molecule has 0 aliphatic rings. The average molecular weight is 215 g/mol. The molecule has 0 atom stereocenters. The number of nitrogens with zero attached hydrogens (tertiary/aromatic N) is 2. The van der Waals surface area contributed by atoms with Gasteiger partial charge in [0.05, 0.1) is 19.8 Å². The van der Waals surface area contributed by atoms with Crippen molar-refractivity contribution in [1.82, 2.24) is 9.97 Å². The van der Waals surface area contributed by atoms with E-state index < -0.39 is 0 Å². The van der Waals surface area contributed by atoms with Gasteiger partial charge < -0.3 is 9.47 Å². The summed E-state index contributed by atoms with van der Waals surface area (Å²) < 4.78 is 9.92. The van der Waals surface area contributed by atoms with Crippen molar-refractivity contribution >= 4 is 17.7 Å². The number of ether oxygens (including phenoxy) is 2. The van der Waals surface area contributed by atoms with Crippen LogP contribution in [0.2, 0.25) is 0 Å². The molecule has 0 radical (unpaired) electrons. The van der Waals surface area contributed by atoms with Gasteiger partial charge in [0.1, 0.15) is 0 Å². The first-order chi connectivity index (χ1) is 6.81. The second-order valence-electron chi connectivity index (χ2n) is 2.38. The van der Waals surface area contributed by atoms with E-state index in [2.05, 4.69) is 9.97 Å². The van der Waals surface area contributed by atoms with Crippen LogP contribution in [0.4, 0.5) is 0 Å². The van der Waals surface area contributed by atoms with E-state index in [4.69, 9.17) is 21.1 Å². The summed E-state index contributed by atoms with van der Waals surface area (Å²) in [6, 6.07) is 0.282. The molecule has 1 rings (SSSR count). The van der Waals surface area contributed by atoms with Crippen LogP contribution in [0.25, 0.3) is 6.08 Å². The highest BCUT2D eigenvalue weighted by Gasteiger charge is 2.04. The highest BCUT2D eigenvalue weighted by Crippen LogP contribution is 2.18. The fraction of sp³-hybridized carbons (Fsp3) is 0.333. The van der Waals surface area contributed by atoms with Crippen molar-refractivity contribution in [3.8, 4) is 11.9 Å². The Morgan fingerprint density at radius 2 is 2.21 bits per heavy atom. The number of alkyl halides is 1. The molecule has 5 heteroatoms. The van der Waals surface area contributed by atoms with Gasteiger partial charge in [-0.25, -0.2) is 4.98 Å². The molecule has 0 spiro atoms. The van der Waals surface area contributed by atoms with Crippen molar-refractivity contribution in [2.45, 2.75) is 0 Å². The maximum absolute atomic E-state index is 5.51. The molecule has 1 heterocycles. The molecule has 1 aromatic heterocycles. The third-order valence-electron chi connectivity index (χ3n) is 1.52. The van der Waals surface area contributed by atoms with Crippen molar-refractivity contribution in [3.05, 3.63) is 17.8 Å². The molecule has 0 aromatic carbocycles. The number of hydrogen-bond donors (Lipinski definition) is 0. The summed E-state index contributed by atoms with van der Waals surface area (Å²) in [5.41, 5.74) is 0.772. The van der Waals surface area contributed by atoms with Gasteiger partial charge in [-0.1, -0.05) is 12.2 Å². The van der Waals surface area contributed by atoms with E-state index in [1.165, 1.54) is 7.11 Å². The van der Waals surface area contributed by atoms with Gasteiger partial charge in [0, 0.05) is 12.1 Å². The molecule has 0 aliphatic heterocycles. The standard InChI is InChI=1S/C9H11ClN2O2/c1-13-8-7(4-3-5-10)6-11-9(12-8)14-2/h3-4,6H,5H2,1-2H3. The van der Waals surface area contributed by atoms with Gasteiger partial charge >= 0.3 is 6.01 Å². The van der Waals surface area contributed by atoms with E-state index in [1.807, 2.05) is 0 Å². The van der Waals surface area contributed by atoms with E-state index in [9.17, 15) is 0 Å². The van der Waals surface area contributed by atoms with Crippen molar-refractivity contribution in [2.75, 3.05) is 20.1 Å². The molecule has 0 fully saturated rings. The van der Waals surface area contributed by atoms with Crippen molar-refractivity contribution in [1.29, 1.82) is 0 Å². The van der Waals surface area contributed by atoms with Crippen molar-refractivity contribution in [3.63, 3.8) is 0 Å². The van der Waals surface area contributed by atoms with Crippen LogP contribution in [0, 0.1) is 0 Å². The Balaban J connectivity index is 2.99. The summed E-state index contributed by atoms with van der Waals surface area (Å²) in [5, 5.41) is 0. The fourth-order valence-corrected chi connectivity index (χ4v) is 0.997. The van der Waals surface area contributed by atoms with Crippen molar-refractivity contribution in [2.24, 2.45) is 0 Å². The van der Waals surface area contributed by atoms with Crippen LogP contribution in [0.3, 0.4) is 0 Å². The smallest absolute Gasteiger partial charge is 0.319 e. The van der Waals surface area contributed by atoms with Gasteiger partial charge in [0.15, 0.2) is 0 Å². The predicted molar refractivity (Wildman–Crippen MR) is 54.9 cm³/mol. The Hall–Kier alpha value is -1.29. The maximum atomic E-state index is 5.51. The normalized spacial score (nSPS) is 10.5. The zero-order chi connectivity index (χ0) is 10.4. The van der Waals surface area contributed by atoms with Crippen LogP contribution in [0.5, 0.6) is 11.9 Å². The second kappa shape index (κ2) is 5.44. The van der Waals surface area contributed by atoms with Gasteiger partial charge in [-0.2, -0.15) is 4.98 Å². The lowest BCUT2D eigenvalue weighted by Crippen LogP contribution is -1.97. The molecule has 0 bridgehead atoms. The van der Waals surface area contributed by atoms with Gasteiger partial charge in [0.25, 0.3) is 0 Å². The van der Waals surface area contributed by atoms with Gasteiger partial charge in [-0.3, -0.25) is 0 Å². The highest BCUT2D eigenvalue weighted by molar-refractivity contribution is 6.19.